The molecule has 2 aromatic rings. The summed E-state index contributed by atoms with van der Waals surface area (Å²) in [5.74, 6) is 0.510. The summed E-state index contributed by atoms with van der Waals surface area (Å²) in [7, 11) is 0. The molecule has 0 fully saturated rings. The first-order valence-electron chi connectivity index (χ1n) is 7.17. The standard InChI is InChI=1S/C18H14ClNO3/c1-2-22-13-9-7-12(8-10-13)11-16-18(21)23-17(20-16)14-5-3-4-6-15(14)19/h3-11H,2H2,1H3. The van der Waals surface area contributed by atoms with Crippen LogP contribution in [0.2, 0.25) is 5.02 Å². The van der Waals surface area contributed by atoms with Crippen LogP contribution in [0.4, 0.5) is 0 Å². The van der Waals surface area contributed by atoms with E-state index < -0.39 is 5.97 Å². The molecule has 0 bridgehead atoms. The molecule has 1 heterocycles. The molecule has 0 atom stereocenters. The van der Waals surface area contributed by atoms with E-state index >= 15 is 0 Å². The summed E-state index contributed by atoms with van der Waals surface area (Å²) in [6.45, 7) is 2.54. The smallest absolute Gasteiger partial charge is 0.363 e. The van der Waals surface area contributed by atoms with Crippen molar-refractivity contribution >= 4 is 29.5 Å². The molecule has 0 aromatic heterocycles. The number of nitrogens with zero attached hydrogens (tertiary/aromatic N) is 1. The van der Waals surface area contributed by atoms with Crippen molar-refractivity contribution in [3.8, 4) is 5.75 Å². The van der Waals surface area contributed by atoms with Crippen molar-refractivity contribution in [3.63, 3.8) is 0 Å². The van der Waals surface area contributed by atoms with Crippen molar-refractivity contribution in [3.05, 3.63) is 70.4 Å². The fourth-order valence-corrected chi connectivity index (χ4v) is 2.36. The zero-order chi connectivity index (χ0) is 16.2. The number of hydrogen-bond donors (Lipinski definition) is 0. The van der Waals surface area contributed by atoms with Crippen LogP contribution >= 0.6 is 11.6 Å². The second kappa shape index (κ2) is 6.67. The maximum absolute atomic E-state index is 12.0. The molecule has 116 valence electrons. The summed E-state index contributed by atoms with van der Waals surface area (Å²) in [5, 5.41) is 0.487. The van der Waals surface area contributed by atoms with E-state index in [1.165, 1.54) is 0 Å². The summed E-state index contributed by atoms with van der Waals surface area (Å²) in [6.07, 6.45) is 1.67. The molecule has 0 spiro atoms. The topological polar surface area (TPSA) is 47.9 Å². The van der Waals surface area contributed by atoms with Crippen molar-refractivity contribution in [1.29, 1.82) is 0 Å². The third-order valence-corrected chi connectivity index (χ3v) is 3.55. The Balaban J connectivity index is 1.87. The van der Waals surface area contributed by atoms with Crippen LogP contribution in [0.1, 0.15) is 18.1 Å². The first-order chi connectivity index (χ1) is 11.2. The predicted octanol–water partition coefficient (Wildman–Crippen LogP) is 4.08. The summed E-state index contributed by atoms with van der Waals surface area (Å²) in [6, 6.07) is 14.5. The monoisotopic (exact) mass is 327 g/mol. The molecule has 0 unspecified atom stereocenters. The highest BCUT2D eigenvalue weighted by Gasteiger charge is 2.25. The number of esters is 1. The molecular weight excluding hydrogens is 314 g/mol. The van der Waals surface area contributed by atoms with E-state index in [9.17, 15) is 4.79 Å². The number of benzene rings is 2. The Labute approximate surface area is 139 Å². The van der Waals surface area contributed by atoms with E-state index in [0.717, 1.165) is 11.3 Å². The molecular formula is C18H14ClNO3. The zero-order valence-electron chi connectivity index (χ0n) is 12.5. The van der Waals surface area contributed by atoms with Gasteiger partial charge in [0.1, 0.15) is 5.75 Å². The van der Waals surface area contributed by atoms with Gasteiger partial charge < -0.3 is 9.47 Å². The van der Waals surface area contributed by atoms with Crippen LogP contribution in [0.3, 0.4) is 0 Å². The van der Waals surface area contributed by atoms with Gasteiger partial charge in [0.2, 0.25) is 5.90 Å². The summed E-state index contributed by atoms with van der Waals surface area (Å²) >= 11 is 6.10. The number of carbonyl (C=O) groups is 1. The molecule has 0 radical (unpaired) electrons. The van der Waals surface area contributed by atoms with Gasteiger partial charge in [-0.05, 0) is 42.8 Å². The quantitative estimate of drug-likeness (QED) is 0.628. The largest absolute Gasteiger partial charge is 0.494 e. The minimum Gasteiger partial charge on any atom is -0.494 e. The van der Waals surface area contributed by atoms with Gasteiger partial charge in [0.05, 0.1) is 17.2 Å². The van der Waals surface area contributed by atoms with E-state index in [1.54, 1.807) is 24.3 Å². The van der Waals surface area contributed by atoms with Gasteiger partial charge in [0, 0.05) is 0 Å². The molecule has 23 heavy (non-hydrogen) atoms. The molecule has 5 heteroatoms. The highest BCUT2D eigenvalue weighted by Crippen LogP contribution is 2.24. The van der Waals surface area contributed by atoms with Crippen LogP contribution < -0.4 is 4.74 Å². The minimum atomic E-state index is -0.492. The second-order valence-electron chi connectivity index (χ2n) is 4.82. The van der Waals surface area contributed by atoms with E-state index in [2.05, 4.69) is 4.99 Å². The molecule has 3 rings (SSSR count). The van der Waals surface area contributed by atoms with Crippen molar-refractivity contribution in [1.82, 2.24) is 0 Å². The first-order valence-corrected chi connectivity index (χ1v) is 7.55. The Morgan fingerprint density at radius 3 is 2.61 bits per heavy atom. The van der Waals surface area contributed by atoms with Crippen LogP contribution in [0, 0.1) is 0 Å². The molecule has 0 saturated heterocycles. The normalized spacial score (nSPS) is 15.5. The van der Waals surface area contributed by atoms with Crippen molar-refractivity contribution in [2.24, 2.45) is 4.99 Å². The lowest BCUT2D eigenvalue weighted by atomic mass is 10.2. The average Bonchev–Trinajstić information content (AvgIpc) is 2.91. The fraction of sp³-hybridized carbons (Fsp3) is 0.111. The van der Waals surface area contributed by atoms with Crippen LogP contribution in [-0.4, -0.2) is 18.5 Å². The highest BCUT2D eigenvalue weighted by atomic mass is 35.5. The Morgan fingerprint density at radius 2 is 1.91 bits per heavy atom. The Hall–Kier alpha value is -2.59. The Bertz CT molecular complexity index is 794. The molecule has 0 N–H and O–H groups in total. The maximum atomic E-state index is 12.0. The lowest BCUT2D eigenvalue weighted by Crippen LogP contribution is -2.05. The van der Waals surface area contributed by atoms with Gasteiger partial charge in [-0.2, -0.15) is 0 Å². The van der Waals surface area contributed by atoms with Crippen molar-refractivity contribution < 1.29 is 14.3 Å². The van der Waals surface area contributed by atoms with Gasteiger partial charge in [-0.15, -0.1) is 0 Å². The lowest BCUT2D eigenvalue weighted by molar-refractivity contribution is -0.129. The zero-order valence-corrected chi connectivity index (χ0v) is 13.2. The predicted molar refractivity (Wildman–Crippen MR) is 89.7 cm³/mol. The lowest BCUT2D eigenvalue weighted by Gasteiger charge is -2.02. The SMILES string of the molecule is CCOc1ccc(C=C2N=C(c3ccccc3Cl)OC2=O)cc1. The molecule has 0 aliphatic carbocycles. The van der Waals surface area contributed by atoms with Crippen LogP contribution in [0.25, 0.3) is 6.08 Å². The summed E-state index contributed by atoms with van der Waals surface area (Å²) < 4.78 is 10.6. The third-order valence-electron chi connectivity index (χ3n) is 3.22. The Kier molecular flexibility index (Phi) is 4.44. The van der Waals surface area contributed by atoms with Crippen molar-refractivity contribution in [2.45, 2.75) is 6.92 Å². The number of cyclic esters (lactones) is 1. The number of hydrogen-bond acceptors (Lipinski definition) is 4. The van der Waals surface area contributed by atoms with Gasteiger partial charge in [-0.3, -0.25) is 0 Å². The molecule has 4 nitrogen and oxygen atoms in total. The minimum absolute atomic E-state index is 0.220. The number of halogens is 1. The molecule has 0 saturated carbocycles. The van der Waals surface area contributed by atoms with Crippen LogP contribution in [0.15, 0.2) is 59.2 Å². The maximum Gasteiger partial charge on any atom is 0.363 e. The van der Waals surface area contributed by atoms with Gasteiger partial charge in [0.25, 0.3) is 0 Å². The van der Waals surface area contributed by atoms with Gasteiger partial charge in [-0.25, -0.2) is 9.79 Å². The van der Waals surface area contributed by atoms with Crippen LogP contribution in [-0.2, 0) is 9.53 Å². The fourth-order valence-electron chi connectivity index (χ4n) is 2.14. The second-order valence-corrected chi connectivity index (χ2v) is 5.23. The molecule has 1 aliphatic rings. The van der Waals surface area contributed by atoms with E-state index in [4.69, 9.17) is 21.1 Å². The molecule has 1 aliphatic heterocycles. The third kappa shape index (κ3) is 3.43. The number of aliphatic imine (C=N–C) groups is 1. The van der Waals surface area contributed by atoms with Gasteiger partial charge >= 0.3 is 5.97 Å². The van der Waals surface area contributed by atoms with Gasteiger partial charge in [-0.1, -0.05) is 35.9 Å². The van der Waals surface area contributed by atoms with E-state index in [1.807, 2.05) is 37.3 Å². The Morgan fingerprint density at radius 1 is 1.17 bits per heavy atom. The van der Waals surface area contributed by atoms with Crippen LogP contribution in [0.5, 0.6) is 5.75 Å². The first kappa shape index (κ1) is 15.3. The molecule has 0 amide bonds. The molecule has 2 aromatic carbocycles. The number of rotatable bonds is 4. The highest BCUT2D eigenvalue weighted by molar-refractivity contribution is 6.34. The number of carbonyl (C=O) groups excluding carboxylic acids is 1. The number of ether oxygens (including phenoxy) is 2. The van der Waals surface area contributed by atoms with E-state index in [0.29, 0.717) is 17.2 Å². The van der Waals surface area contributed by atoms with Gasteiger partial charge in [0.15, 0.2) is 5.70 Å². The van der Waals surface area contributed by atoms with Crippen molar-refractivity contribution in [2.75, 3.05) is 6.61 Å². The van der Waals surface area contributed by atoms with E-state index in [-0.39, 0.29) is 11.6 Å². The summed E-state index contributed by atoms with van der Waals surface area (Å²) in [5.41, 5.74) is 1.67. The summed E-state index contributed by atoms with van der Waals surface area (Å²) in [4.78, 5) is 16.2. The average molecular weight is 328 g/mol.